The molecule has 1 amide bonds. The summed E-state index contributed by atoms with van der Waals surface area (Å²) in [5.41, 5.74) is -1.08. The van der Waals surface area contributed by atoms with Crippen LogP contribution in [0.1, 0.15) is 43.1 Å². The molecule has 31 heavy (non-hydrogen) atoms. The van der Waals surface area contributed by atoms with Gasteiger partial charge in [0.25, 0.3) is 17.0 Å². The van der Waals surface area contributed by atoms with Gasteiger partial charge in [-0.2, -0.15) is 5.26 Å². The summed E-state index contributed by atoms with van der Waals surface area (Å²) in [5, 5.41) is 25.4. The topological polar surface area (TPSA) is 132 Å². The van der Waals surface area contributed by atoms with Gasteiger partial charge >= 0.3 is 0 Å². The van der Waals surface area contributed by atoms with Crippen molar-refractivity contribution in [2.75, 3.05) is 31.3 Å². The SMILES string of the molecule is CCC.CCNc1c(Nc2cc(C#N)cc(C(=O)N(C)C)c2O)c(=O)n(C)n(C)c1=O. The molecule has 10 heteroatoms. The molecule has 0 saturated carbocycles. The highest BCUT2D eigenvalue weighted by Gasteiger charge is 2.21. The van der Waals surface area contributed by atoms with E-state index in [2.05, 4.69) is 24.5 Å². The van der Waals surface area contributed by atoms with Gasteiger partial charge in [0.2, 0.25) is 0 Å². The zero-order valence-electron chi connectivity index (χ0n) is 19.0. The molecule has 0 bridgehead atoms. The van der Waals surface area contributed by atoms with Crippen LogP contribution in [0.15, 0.2) is 21.7 Å². The monoisotopic (exact) mass is 430 g/mol. The van der Waals surface area contributed by atoms with E-state index < -0.39 is 22.8 Å². The summed E-state index contributed by atoms with van der Waals surface area (Å²) in [6, 6.07) is 4.47. The van der Waals surface area contributed by atoms with Gasteiger partial charge in [-0.05, 0) is 19.1 Å². The fourth-order valence-electron chi connectivity index (χ4n) is 2.60. The number of nitriles is 1. The second kappa shape index (κ2) is 10.9. The number of aromatic hydroxyl groups is 1. The molecule has 10 nitrogen and oxygen atoms in total. The summed E-state index contributed by atoms with van der Waals surface area (Å²) in [6.45, 7) is 6.40. The van der Waals surface area contributed by atoms with Crippen molar-refractivity contribution in [2.45, 2.75) is 27.2 Å². The van der Waals surface area contributed by atoms with Gasteiger partial charge in [-0.1, -0.05) is 20.3 Å². The second-order valence-electron chi connectivity index (χ2n) is 7.00. The number of rotatable bonds is 5. The summed E-state index contributed by atoms with van der Waals surface area (Å²) in [5.74, 6) is -0.940. The van der Waals surface area contributed by atoms with E-state index in [0.29, 0.717) is 6.54 Å². The molecule has 168 valence electrons. The number of phenolic OH excluding ortho intramolecular Hbond substituents is 1. The number of carbonyl (C=O) groups is 1. The fourth-order valence-corrected chi connectivity index (χ4v) is 2.60. The Kier molecular flexibility index (Phi) is 8.87. The molecular weight excluding hydrogens is 400 g/mol. The van der Waals surface area contributed by atoms with Gasteiger partial charge in [0.05, 0.1) is 22.9 Å². The van der Waals surface area contributed by atoms with Crippen LogP contribution in [0.3, 0.4) is 0 Å². The molecule has 0 aliphatic heterocycles. The maximum atomic E-state index is 12.7. The zero-order chi connectivity index (χ0) is 23.9. The second-order valence-corrected chi connectivity index (χ2v) is 7.00. The minimum absolute atomic E-state index is 0.0235. The lowest BCUT2D eigenvalue weighted by atomic mass is 10.1. The third-order valence-electron chi connectivity index (χ3n) is 4.20. The predicted octanol–water partition coefficient (Wildman–Crippen LogP) is 1.95. The Morgan fingerprint density at radius 1 is 1.10 bits per heavy atom. The van der Waals surface area contributed by atoms with Crippen molar-refractivity contribution in [1.29, 1.82) is 5.26 Å². The third-order valence-corrected chi connectivity index (χ3v) is 4.20. The Morgan fingerprint density at radius 2 is 1.61 bits per heavy atom. The molecule has 0 aliphatic carbocycles. The number of amides is 1. The molecule has 0 fully saturated rings. The quantitative estimate of drug-likeness (QED) is 0.618. The molecule has 1 heterocycles. The van der Waals surface area contributed by atoms with Crippen LogP contribution in [0.5, 0.6) is 5.75 Å². The molecule has 0 unspecified atom stereocenters. The van der Waals surface area contributed by atoms with Crippen molar-refractivity contribution < 1.29 is 9.90 Å². The molecule has 0 atom stereocenters. The Labute approximate surface area is 181 Å². The lowest BCUT2D eigenvalue weighted by Crippen LogP contribution is -2.38. The Hall–Kier alpha value is -3.74. The molecule has 0 radical (unpaired) electrons. The van der Waals surface area contributed by atoms with E-state index in [1.165, 1.54) is 51.6 Å². The van der Waals surface area contributed by atoms with Gasteiger partial charge < -0.3 is 20.6 Å². The minimum Gasteiger partial charge on any atom is -0.505 e. The van der Waals surface area contributed by atoms with Gasteiger partial charge in [0.1, 0.15) is 11.4 Å². The average molecular weight is 431 g/mol. The molecule has 0 saturated heterocycles. The van der Waals surface area contributed by atoms with Crippen LogP contribution in [0.2, 0.25) is 0 Å². The first-order valence-electron chi connectivity index (χ1n) is 9.85. The third kappa shape index (κ3) is 5.45. The normalized spacial score (nSPS) is 9.87. The highest BCUT2D eigenvalue weighted by Crippen LogP contribution is 2.33. The number of aromatic nitrogens is 2. The molecule has 3 N–H and O–H groups in total. The first-order valence-corrected chi connectivity index (χ1v) is 9.85. The highest BCUT2D eigenvalue weighted by molar-refractivity contribution is 5.99. The van der Waals surface area contributed by atoms with E-state index in [9.17, 15) is 24.8 Å². The number of nitrogens with one attached hydrogen (secondary N) is 2. The van der Waals surface area contributed by atoms with E-state index >= 15 is 0 Å². The van der Waals surface area contributed by atoms with Gasteiger partial charge in [0.15, 0.2) is 5.75 Å². The van der Waals surface area contributed by atoms with Crippen molar-refractivity contribution in [1.82, 2.24) is 14.3 Å². The first-order chi connectivity index (χ1) is 14.5. The number of benzene rings is 1. The van der Waals surface area contributed by atoms with Crippen molar-refractivity contribution in [3.8, 4) is 11.8 Å². The van der Waals surface area contributed by atoms with Gasteiger partial charge in [-0.15, -0.1) is 0 Å². The number of hydrogen-bond acceptors (Lipinski definition) is 7. The van der Waals surface area contributed by atoms with Crippen molar-refractivity contribution in [2.24, 2.45) is 14.1 Å². The number of carbonyl (C=O) groups excluding carboxylic acids is 1. The van der Waals surface area contributed by atoms with Gasteiger partial charge in [0, 0.05) is 34.7 Å². The Morgan fingerprint density at radius 3 is 2.06 bits per heavy atom. The van der Waals surface area contributed by atoms with Crippen LogP contribution in [0, 0.1) is 11.3 Å². The number of hydrogen-bond donors (Lipinski definition) is 3. The van der Waals surface area contributed by atoms with E-state index in [0.717, 1.165) is 9.36 Å². The Bertz CT molecular complexity index is 1110. The molecule has 1 aromatic heterocycles. The van der Waals surface area contributed by atoms with Crippen LogP contribution in [0.25, 0.3) is 0 Å². The predicted molar refractivity (Wildman–Crippen MR) is 121 cm³/mol. The van der Waals surface area contributed by atoms with Gasteiger partial charge in [-0.25, -0.2) is 9.36 Å². The lowest BCUT2D eigenvalue weighted by molar-refractivity contribution is 0.0824. The number of phenols is 1. The molecular formula is C21H30N6O4. The summed E-state index contributed by atoms with van der Waals surface area (Å²) in [6.07, 6.45) is 1.25. The molecule has 1 aromatic carbocycles. The van der Waals surface area contributed by atoms with E-state index in [4.69, 9.17) is 0 Å². The minimum atomic E-state index is -0.528. The van der Waals surface area contributed by atoms with Gasteiger partial charge in [-0.3, -0.25) is 14.4 Å². The maximum Gasteiger partial charge on any atom is 0.290 e. The summed E-state index contributed by atoms with van der Waals surface area (Å²) in [4.78, 5) is 38.8. The van der Waals surface area contributed by atoms with Crippen LogP contribution >= 0.6 is 0 Å². The first kappa shape index (κ1) is 25.3. The highest BCUT2D eigenvalue weighted by atomic mass is 16.3. The standard InChI is InChI=1S/C18H22N6O4.C3H8/c1-6-20-13-14(18(28)24(5)23(4)17(13)27)21-12-8-10(9-19)7-11(15(12)25)16(26)22(2)3;1-3-2/h7-8,20-21,25H,6H2,1-5H3;3H2,1-2H3. The summed E-state index contributed by atoms with van der Waals surface area (Å²) >= 11 is 0. The Balaban J connectivity index is 0.00000151. The van der Waals surface area contributed by atoms with Crippen molar-refractivity contribution >= 4 is 23.0 Å². The van der Waals surface area contributed by atoms with E-state index in [-0.39, 0.29) is 28.2 Å². The molecule has 2 aromatic rings. The van der Waals surface area contributed by atoms with Crippen LogP contribution in [-0.4, -0.2) is 45.9 Å². The molecule has 0 spiro atoms. The van der Waals surface area contributed by atoms with Crippen LogP contribution < -0.4 is 21.8 Å². The number of anilines is 3. The summed E-state index contributed by atoms with van der Waals surface area (Å²) in [7, 11) is 5.90. The molecule has 2 rings (SSSR count). The van der Waals surface area contributed by atoms with Crippen molar-refractivity contribution in [3.63, 3.8) is 0 Å². The van der Waals surface area contributed by atoms with Crippen LogP contribution in [0.4, 0.5) is 17.1 Å². The zero-order valence-corrected chi connectivity index (χ0v) is 19.0. The fraction of sp³-hybridized carbons (Fsp3) is 0.429. The average Bonchev–Trinajstić information content (AvgIpc) is 2.74. The van der Waals surface area contributed by atoms with E-state index in [1.54, 1.807) is 6.92 Å². The number of nitrogens with zero attached hydrogens (tertiary/aromatic N) is 4. The summed E-state index contributed by atoms with van der Waals surface area (Å²) < 4.78 is 2.26. The van der Waals surface area contributed by atoms with E-state index in [1.807, 2.05) is 6.07 Å². The maximum absolute atomic E-state index is 12.7. The van der Waals surface area contributed by atoms with Crippen molar-refractivity contribution in [3.05, 3.63) is 44.0 Å². The smallest absolute Gasteiger partial charge is 0.290 e. The molecule has 0 aliphatic rings. The lowest BCUT2D eigenvalue weighted by Gasteiger charge is -2.18. The largest absolute Gasteiger partial charge is 0.505 e. The van der Waals surface area contributed by atoms with Crippen LogP contribution in [-0.2, 0) is 14.1 Å².